The highest BCUT2D eigenvalue weighted by atomic mass is 32.2. The molecule has 3 unspecified atom stereocenters. The van der Waals surface area contributed by atoms with Gasteiger partial charge in [-0.25, -0.2) is 0 Å². The molecule has 2 fully saturated rings. The second-order valence-corrected chi connectivity index (χ2v) is 7.90. The van der Waals surface area contributed by atoms with Gasteiger partial charge in [0, 0.05) is 17.8 Å². The summed E-state index contributed by atoms with van der Waals surface area (Å²) in [6.45, 7) is 7.35. The zero-order valence-electron chi connectivity index (χ0n) is 11.8. The molecule has 0 radical (unpaired) electrons. The lowest BCUT2D eigenvalue weighted by Crippen LogP contribution is -2.52. The third-order valence-electron chi connectivity index (χ3n) is 4.90. The lowest BCUT2D eigenvalue weighted by Gasteiger charge is -2.42. The minimum absolute atomic E-state index is 0.497. The molecule has 1 nitrogen and oxygen atoms in total. The van der Waals surface area contributed by atoms with Gasteiger partial charge in [0.2, 0.25) is 0 Å². The lowest BCUT2D eigenvalue weighted by molar-refractivity contribution is 0.203. The predicted octanol–water partition coefficient (Wildman–Crippen LogP) is 4.08. The molecule has 0 amide bonds. The fraction of sp³-hybridized carbons (Fsp3) is 1.00. The first-order chi connectivity index (χ1) is 8.09. The minimum Gasteiger partial charge on any atom is -0.310 e. The lowest BCUT2D eigenvalue weighted by atomic mass is 9.81. The summed E-state index contributed by atoms with van der Waals surface area (Å²) in [6.07, 6.45) is 8.53. The third-order valence-corrected chi connectivity index (χ3v) is 5.96. The van der Waals surface area contributed by atoms with Crippen molar-refractivity contribution < 1.29 is 0 Å². The number of hydrogen-bond acceptors (Lipinski definition) is 2. The quantitative estimate of drug-likeness (QED) is 0.746. The van der Waals surface area contributed by atoms with Gasteiger partial charge in [0.05, 0.1) is 0 Å². The molecule has 1 aliphatic carbocycles. The Labute approximate surface area is 112 Å². The molecular weight excluding hydrogens is 226 g/mol. The van der Waals surface area contributed by atoms with Crippen molar-refractivity contribution in [2.75, 3.05) is 11.5 Å². The van der Waals surface area contributed by atoms with E-state index < -0.39 is 0 Å². The number of nitrogens with one attached hydrogen (secondary N) is 1. The summed E-state index contributed by atoms with van der Waals surface area (Å²) in [7, 11) is 0. The average Bonchev–Trinajstić information content (AvgIpc) is 2.47. The van der Waals surface area contributed by atoms with Crippen LogP contribution in [0.3, 0.4) is 0 Å². The normalized spacial score (nSPS) is 38.6. The zero-order chi connectivity index (χ0) is 12.3. The molecular formula is C15H29NS. The van der Waals surface area contributed by atoms with E-state index in [2.05, 4.69) is 37.8 Å². The Morgan fingerprint density at radius 1 is 1.12 bits per heavy atom. The van der Waals surface area contributed by atoms with Crippen LogP contribution in [0.15, 0.2) is 0 Å². The first kappa shape index (κ1) is 13.7. The van der Waals surface area contributed by atoms with Gasteiger partial charge in [-0.3, -0.25) is 0 Å². The van der Waals surface area contributed by atoms with E-state index in [0.29, 0.717) is 5.41 Å². The second-order valence-electron chi connectivity index (χ2n) is 6.75. The van der Waals surface area contributed by atoms with E-state index in [1.54, 1.807) is 0 Å². The Morgan fingerprint density at radius 2 is 1.88 bits per heavy atom. The van der Waals surface area contributed by atoms with E-state index in [1.165, 1.54) is 50.0 Å². The van der Waals surface area contributed by atoms with Crippen LogP contribution < -0.4 is 5.32 Å². The molecule has 1 aliphatic heterocycles. The summed E-state index contributed by atoms with van der Waals surface area (Å²) in [5, 5.41) is 4.02. The number of thioether (sulfide) groups is 1. The summed E-state index contributed by atoms with van der Waals surface area (Å²) in [5.74, 6) is 3.54. The Bertz CT molecular complexity index is 239. The number of hydrogen-bond donors (Lipinski definition) is 1. The maximum absolute atomic E-state index is 4.02. The highest BCUT2D eigenvalue weighted by Crippen LogP contribution is 2.35. The van der Waals surface area contributed by atoms with Gasteiger partial charge < -0.3 is 5.32 Å². The smallest absolute Gasteiger partial charge is 0.0212 e. The van der Waals surface area contributed by atoms with E-state index in [1.807, 2.05) is 0 Å². The summed E-state index contributed by atoms with van der Waals surface area (Å²) >= 11 is 2.14. The topological polar surface area (TPSA) is 12.0 Å². The molecule has 1 heterocycles. The van der Waals surface area contributed by atoms with Gasteiger partial charge in [0.15, 0.2) is 0 Å². The minimum atomic E-state index is 0.497. The molecule has 0 bridgehead atoms. The van der Waals surface area contributed by atoms with Crippen molar-refractivity contribution in [3.63, 3.8) is 0 Å². The molecule has 0 aromatic carbocycles. The SMILES string of the molecule is CC1CCCCCC1NC1CSCCC1(C)C. The Kier molecular flexibility index (Phi) is 4.82. The largest absolute Gasteiger partial charge is 0.310 e. The van der Waals surface area contributed by atoms with Crippen LogP contribution in [0.2, 0.25) is 0 Å². The van der Waals surface area contributed by atoms with Crippen LogP contribution in [0.25, 0.3) is 0 Å². The average molecular weight is 255 g/mol. The van der Waals surface area contributed by atoms with E-state index in [4.69, 9.17) is 0 Å². The molecule has 100 valence electrons. The van der Waals surface area contributed by atoms with Gasteiger partial charge in [-0.05, 0) is 36.3 Å². The van der Waals surface area contributed by atoms with Gasteiger partial charge in [-0.1, -0.05) is 40.0 Å². The molecule has 2 heteroatoms. The van der Waals surface area contributed by atoms with Crippen LogP contribution in [0.1, 0.15) is 59.3 Å². The molecule has 3 atom stereocenters. The Balaban J connectivity index is 1.93. The Hall–Kier alpha value is 0.310. The summed E-state index contributed by atoms with van der Waals surface area (Å²) in [6, 6.07) is 1.51. The van der Waals surface area contributed by atoms with E-state index in [9.17, 15) is 0 Å². The van der Waals surface area contributed by atoms with Crippen LogP contribution >= 0.6 is 11.8 Å². The van der Waals surface area contributed by atoms with Crippen molar-refractivity contribution in [3.05, 3.63) is 0 Å². The van der Waals surface area contributed by atoms with Crippen molar-refractivity contribution in [2.24, 2.45) is 11.3 Å². The van der Waals surface area contributed by atoms with E-state index in [0.717, 1.165) is 18.0 Å². The second kappa shape index (κ2) is 5.97. The fourth-order valence-corrected chi connectivity index (χ4v) is 4.83. The molecule has 1 saturated carbocycles. The molecule has 17 heavy (non-hydrogen) atoms. The first-order valence-corrected chi connectivity index (χ1v) is 8.59. The van der Waals surface area contributed by atoms with Crippen LogP contribution in [-0.4, -0.2) is 23.6 Å². The fourth-order valence-electron chi connectivity index (χ4n) is 3.21. The zero-order valence-corrected chi connectivity index (χ0v) is 12.6. The molecule has 2 rings (SSSR count). The van der Waals surface area contributed by atoms with Gasteiger partial charge in [0.1, 0.15) is 0 Å². The molecule has 0 spiro atoms. The van der Waals surface area contributed by atoms with Crippen LogP contribution in [0, 0.1) is 11.3 Å². The van der Waals surface area contributed by atoms with Crippen molar-refractivity contribution in [3.8, 4) is 0 Å². The summed E-state index contributed by atoms with van der Waals surface area (Å²) in [4.78, 5) is 0. The van der Waals surface area contributed by atoms with Gasteiger partial charge in [-0.2, -0.15) is 11.8 Å². The molecule has 1 N–H and O–H groups in total. The van der Waals surface area contributed by atoms with E-state index >= 15 is 0 Å². The molecule has 2 aliphatic rings. The van der Waals surface area contributed by atoms with Crippen molar-refractivity contribution >= 4 is 11.8 Å². The maximum atomic E-state index is 4.02. The van der Waals surface area contributed by atoms with Gasteiger partial charge in [0.25, 0.3) is 0 Å². The van der Waals surface area contributed by atoms with Crippen molar-refractivity contribution in [2.45, 2.75) is 71.4 Å². The number of rotatable bonds is 2. The van der Waals surface area contributed by atoms with E-state index in [-0.39, 0.29) is 0 Å². The summed E-state index contributed by atoms with van der Waals surface area (Å²) < 4.78 is 0. The highest BCUT2D eigenvalue weighted by Gasteiger charge is 2.34. The van der Waals surface area contributed by atoms with Crippen LogP contribution in [-0.2, 0) is 0 Å². The summed E-state index contributed by atoms with van der Waals surface area (Å²) in [5.41, 5.74) is 0.497. The van der Waals surface area contributed by atoms with Crippen LogP contribution in [0.4, 0.5) is 0 Å². The van der Waals surface area contributed by atoms with Gasteiger partial charge >= 0.3 is 0 Å². The molecule has 0 aromatic rings. The Morgan fingerprint density at radius 3 is 2.65 bits per heavy atom. The standard InChI is InChI=1S/C15H29NS/c1-12-7-5-4-6-8-13(12)16-14-11-17-10-9-15(14,2)3/h12-14,16H,4-11H2,1-3H3. The van der Waals surface area contributed by atoms with Crippen molar-refractivity contribution in [1.82, 2.24) is 5.32 Å². The molecule has 1 saturated heterocycles. The van der Waals surface area contributed by atoms with Crippen molar-refractivity contribution in [1.29, 1.82) is 0 Å². The maximum Gasteiger partial charge on any atom is 0.0212 e. The van der Waals surface area contributed by atoms with Crippen LogP contribution in [0.5, 0.6) is 0 Å². The predicted molar refractivity (Wildman–Crippen MR) is 78.7 cm³/mol. The highest BCUT2D eigenvalue weighted by molar-refractivity contribution is 7.99. The van der Waals surface area contributed by atoms with Gasteiger partial charge in [-0.15, -0.1) is 0 Å². The third kappa shape index (κ3) is 3.64. The first-order valence-electron chi connectivity index (χ1n) is 7.43. The molecule has 0 aromatic heterocycles. The monoisotopic (exact) mass is 255 g/mol.